The first-order chi connectivity index (χ1) is 10.2. The molecule has 0 saturated carbocycles. The molecule has 108 valence electrons. The first-order valence-corrected chi connectivity index (χ1v) is 7.28. The van der Waals surface area contributed by atoms with Crippen LogP contribution in [0.4, 0.5) is 4.39 Å². The third kappa shape index (κ3) is 2.76. The maximum atomic E-state index is 13.9. The Hall–Kier alpha value is -1.94. The maximum Gasteiger partial charge on any atom is 0.151 e. The molecule has 0 amide bonds. The quantitative estimate of drug-likeness (QED) is 0.679. The number of benzene rings is 1. The molecule has 3 nitrogen and oxygen atoms in total. The summed E-state index contributed by atoms with van der Waals surface area (Å²) in [7, 11) is 0. The standard InChI is InChI=1S/C16H15ClFN3/c1-11(17)16-20-15-13(18)3-2-4-14(15)21(16)10-7-12-5-8-19-9-6-12/h2-6,8-9,11H,7,10H2,1H3. The van der Waals surface area contributed by atoms with Crippen molar-refractivity contribution in [1.29, 1.82) is 0 Å². The van der Waals surface area contributed by atoms with Gasteiger partial charge in [-0.3, -0.25) is 4.98 Å². The second-order valence-electron chi connectivity index (χ2n) is 4.95. The molecule has 2 heterocycles. The van der Waals surface area contributed by atoms with Gasteiger partial charge in [0.15, 0.2) is 5.82 Å². The zero-order valence-electron chi connectivity index (χ0n) is 11.6. The van der Waals surface area contributed by atoms with E-state index in [-0.39, 0.29) is 11.2 Å². The SMILES string of the molecule is CC(Cl)c1nc2c(F)cccc2n1CCc1ccncc1. The largest absolute Gasteiger partial charge is 0.326 e. The van der Waals surface area contributed by atoms with Crippen LogP contribution in [-0.2, 0) is 13.0 Å². The third-order valence-corrected chi connectivity index (χ3v) is 3.68. The molecular formula is C16H15ClFN3. The number of fused-ring (bicyclic) bond motifs is 1. The van der Waals surface area contributed by atoms with Crippen molar-refractivity contribution in [3.63, 3.8) is 0 Å². The molecule has 1 aromatic carbocycles. The molecule has 0 radical (unpaired) electrons. The summed E-state index contributed by atoms with van der Waals surface area (Å²) in [5, 5.41) is -0.269. The summed E-state index contributed by atoms with van der Waals surface area (Å²) >= 11 is 6.20. The molecule has 0 spiro atoms. The molecule has 1 unspecified atom stereocenters. The van der Waals surface area contributed by atoms with Crippen LogP contribution >= 0.6 is 11.6 Å². The van der Waals surface area contributed by atoms with Gasteiger partial charge in [0.1, 0.15) is 11.3 Å². The summed E-state index contributed by atoms with van der Waals surface area (Å²) in [6.45, 7) is 2.56. The molecule has 0 aliphatic rings. The van der Waals surface area contributed by atoms with Crippen LogP contribution in [0.3, 0.4) is 0 Å². The fourth-order valence-corrected chi connectivity index (χ4v) is 2.63. The van der Waals surface area contributed by atoms with Gasteiger partial charge in [-0.1, -0.05) is 6.07 Å². The fourth-order valence-electron chi connectivity index (χ4n) is 2.46. The molecule has 3 rings (SSSR count). The molecule has 0 aliphatic carbocycles. The topological polar surface area (TPSA) is 30.7 Å². The van der Waals surface area contributed by atoms with E-state index < -0.39 is 0 Å². The third-order valence-electron chi connectivity index (χ3n) is 3.49. The van der Waals surface area contributed by atoms with E-state index in [2.05, 4.69) is 9.97 Å². The second kappa shape index (κ2) is 5.82. The number of pyridine rings is 1. The van der Waals surface area contributed by atoms with Crippen molar-refractivity contribution >= 4 is 22.6 Å². The van der Waals surface area contributed by atoms with E-state index in [9.17, 15) is 4.39 Å². The highest BCUT2D eigenvalue weighted by Crippen LogP contribution is 2.26. The number of aromatic nitrogens is 3. The van der Waals surface area contributed by atoms with Gasteiger partial charge in [0.2, 0.25) is 0 Å². The highest BCUT2D eigenvalue weighted by Gasteiger charge is 2.16. The predicted octanol–water partition coefficient (Wildman–Crippen LogP) is 4.11. The van der Waals surface area contributed by atoms with Gasteiger partial charge in [0.05, 0.1) is 10.9 Å². The Bertz CT molecular complexity index is 753. The zero-order valence-corrected chi connectivity index (χ0v) is 12.4. The molecule has 21 heavy (non-hydrogen) atoms. The minimum atomic E-state index is -0.311. The lowest BCUT2D eigenvalue weighted by Gasteiger charge is -2.10. The number of nitrogens with zero attached hydrogens (tertiary/aromatic N) is 3. The van der Waals surface area contributed by atoms with Gasteiger partial charge < -0.3 is 4.57 Å². The van der Waals surface area contributed by atoms with Crippen LogP contribution in [-0.4, -0.2) is 14.5 Å². The molecular weight excluding hydrogens is 289 g/mol. The number of aryl methyl sites for hydroxylation is 2. The van der Waals surface area contributed by atoms with Crippen molar-refractivity contribution in [2.75, 3.05) is 0 Å². The number of halogens is 2. The summed E-state index contributed by atoms with van der Waals surface area (Å²) in [5.41, 5.74) is 2.35. The molecule has 1 atom stereocenters. The molecule has 0 aliphatic heterocycles. The Labute approximate surface area is 127 Å². The van der Waals surface area contributed by atoms with E-state index in [1.165, 1.54) is 11.6 Å². The van der Waals surface area contributed by atoms with Crippen molar-refractivity contribution < 1.29 is 4.39 Å². The minimum absolute atomic E-state index is 0.269. The van der Waals surface area contributed by atoms with Gasteiger partial charge in [0, 0.05) is 18.9 Å². The highest BCUT2D eigenvalue weighted by molar-refractivity contribution is 6.20. The first-order valence-electron chi connectivity index (χ1n) is 6.84. The number of rotatable bonds is 4. The molecule has 3 aromatic rings. The number of alkyl halides is 1. The number of imidazole rings is 1. The zero-order chi connectivity index (χ0) is 14.8. The number of hydrogen-bond donors (Lipinski definition) is 0. The summed E-state index contributed by atoms with van der Waals surface area (Å²) in [6.07, 6.45) is 4.36. The average Bonchev–Trinajstić information content (AvgIpc) is 2.87. The van der Waals surface area contributed by atoms with Crippen molar-refractivity contribution in [3.8, 4) is 0 Å². The molecule has 0 N–H and O–H groups in total. The van der Waals surface area contributed by atoms with Crippen LogP contribution in [0.1, 0.15) is 23.7 Å². The van der Waals surface area contributed by atoms with Gasteiger partial charge >= 0.3 is 0 Å². The van der Waals surface area contributed by atoms with E-state index >= 15 is 0 Å². The van der Waals surface area contributed by atoms with Crippen LogP contribution in [0.15, 0.2) is 42.7 Å². The van der Waals surface area contributed by atoms with Gasteiger partial charge in [-0.05, 0) is 43.2 Å². The van der Waals surface area contributed by atoms with Crippen molar-refractivity contribution in [2.24, 2.45) is 0 Å². The van der Waals surface area contributed by atoms with Gasteiger partial charge in [-0.25, -0.2) is 9.37 Å². The normalized spacial score (nSPS) is 12.7. The lowest BCUT2D eigenvalue weighted by atomic mass is 10.2. The molecule has 5 heteroatoms. The number of hydrogen-bond acceptors (Lipinski definition) is 2. The van der Waals surface area contributed by atoms with Crippen LogP contribution in [0, 0.1) is 5.82 Å². The monoisotopic (exact) mass is 303 g/mol. The smallest absolute Gasteiger partial charge is 0.151 e. The van der Waals surface area contributed by atoms with Crippen molar-refractivity contribution in [3.05, 3.63) is 59.9 Å². The van der Waals surface area contributed by atoms with E-state index in [4.69, 9.17) is 11.6 Å². The lowest BCUT2D eigenvalue weighted by molar-refractivity contribution is 0.637. The van der Waals surface area contributed by atoms with E-state index in [1.807, 2.05) is 29.7 Å². The van der Waals surface area contributed by atoms with Crippen LogP contribution in [0.25, 0.3) is 11.0 Å². The Morgan fingerprint density at radius 2 is 2.00 bits per heavy atom. The van der Waals surface area contributed by atoms with Crippen molar-refractivity contribution in [1.82, 2.24) is 14.5 Å². The van der Waals surface area contributed by atoms with Gasteiger partial charge in [0.25, 0.3) is 0 Å². The van der Waals surface area contributed by atoms with E-state index in [0.717, 1.165) is 11.9 Å². The van der Waals surface area contributed by atoms with E-state index in [1.54, 1.807) is 18.5 Å². The average molecular weight is 304 g/mol. The minimum Gasteiger partial charge on any atom is -0.326 e. The van der Waals surface area contributed by atoms with Crippen LogP contribution in [0.5, 0.6) is 0 Å². The van der Waals surface area contributed by atoms with E-state index in [0.29, 0.717) is 17.9 Å². The summed E-state index contributed by atoms with van der Waals surface area (Å²) in [5.74, 6) is 0.388. The van der Waals surface area contributed by atoms with Gasteiger partial charge in [-0.2, -0.15) is 0 Å². The fraction of sp³-hybridized carbons (Fsp3) is 0.250. The number of para-hydroxylation sites is 1. The first kappa shape index (κ1) is 14.0. The molecule has 0 fully saturated rings. The Kier molecular flexibility index (Phi) is 3.88. The second-order valence-corrected chi connectivity index (χ2v) is 5.61. The summed E-state index contributed by atoms with van der Waals surface area (Å²) in [4.78, 5) is 8.38. The molecule has 0 bridgehead atoms. The Morgan fingerprint density at radius 1 is 1.24 bits per heavy atom. The lowest BCUT2D eigenvalue weighted by Crippen LogP contribution is -2.06. The summed E-state index contributed by atoms with van der Waals surface area (Å²) in [6, 6.07) is 8.95. The van der Waals surface area contributed by atoms with Crippen LogP contribution < -0.4 is 0 Å². The summed E-state index contributed by atoms with van der Waals surface area (Å²) < 4.78 is 15.9. The van der Waals surface area contributed by atoms with Crippen LogP contribution in [0.2, 0.25) is 0 Å². The predicted molar refractivity (Wildman–Crippen MR) is 81.9 cm³/mol. The van der Waals surface area contributed by atoms with Crippen molar-refractivity contribution in [2.45, 2.75) is 25.3 Å². The highest BCUT2D eigenvalue weighted by atomic mass is 35.5. The molecule has 2 aromatic heterocycles. The maximum absolute atomic E-state index is 13.9. The van der Waals surface area contributed by atoms with Gasteiger partial charge in [-0.15, -0.1) is 11.6 Å². The Balaban J connectivity index is 2.00. The molecule has 0 saturated heterocycles. The Morgan fingerprint density at radius 3 is 2.71 bits per heavy atom.